The molecule has 4 rings (SSSR count). The summed E-state index contributed by atoms with van der Waals surface area (Å²) in [7, 11) is 0. The summed E-state index contributed by atoms with van der Waals surface area (Å²) in [6, 6.07) is 13.4. The minimum atomic E-state index is -0.849. The first-order valence-electron chi connectivity index (χ1n) is 11.2. The number of nitrogen functional groups attached to an aromatic ring is 1. The monoisotopic (exact) mass is 538 g/mol. The zero-order valence-corrected chi connectivity index (χ0v) is 21.2. The zero-order chi connectivity index (χ0) is 28.1. The molecule has 0 unspecified atom stereocenters. The summed E-state index contributed by atoms with van der Waals surface area (Å²) in [6.45, 7) is 4.09. The number of amides is 3. The Hall–Kier alpha value is -4.51. The SMILES string of the molecule is CC(C)c1ccc(N2C(=O)C(=N)c3cc(F)cc(F)c32)cc1.Nc1ccc(/C=C(\S)C(=O)NC=O)cc1O. The third-order valence-corrected chi connectivity index (χ3v) is 5.87. The molecule has 11 heteroatoms. The molecule has 1 aliphatic rings. The number of halogens is 2. The number of nitrogens with one attached hydrogen (secondary N) is 2. The number of imide groups is 1. The number of carbonyl (C=O) groups excluding carboxylic acids is 3. The molecule has 0 fully saturated rings. The molecule has 3 aromatic carbocycles. The van der Waals surface area contributed by atoms with Crippen LogP contribution in [-0.2, 0) is 14.4 Å². The lowest BCUT2D eigenvalue weighted by atomic mass is 10.0. The third-order valence-electron chi connectivity index (χ3n) is 5.54. The van der Waals surface area contributed by atoms with Crippen LogP contribution in [0.25, 0.3) is 6.08 Å². The molecule has 0 spiro atoms. The summed E-state index contributed by atoms with van der Waals surface area (Å²) in [5.74, 6) is -2.67. The van der Waals surface area contributed by atoms with Crippen LogP contribution in [0.2, 0.25) is 0 Å². The van der Waals surface area contributed by atoms with Crippen LogP contribution in [0.4, 0.5) is 25.8 Å². The Bertz CT molecular complexity index is 1460. The molecule has 0 aliphatic carbocycles. The minimum Gasteiger partial charge on any atom is -0.506 e. The lowest BCUT2D eigenvalue weighted by Crippen LogP contribution is -2.25. The van der Waals surface area contributed by atoms with Crippen LogP contribution in [0.5, 0.6) is 5.75 Å². The van der Waals surface area contributed by atoms with E-state index in [1.54, 1.807) is 18.2 Å². The van der Waals surface area contributed by atoms with Crippen molar-refractivity contribution < 1.29 is 28.3 Å². The number of rotatable bonds is 5. The molecule has 0 saturated heterocycles. The third kappa shape index (κ3) is 6.06. The van der Waals surface area contributed by atoms with Gasteiger partial charge < -0.3 is 10.8 Å². The fraction of sp³-hybridized carbons (Fsp3) is 0.111. The molecule has 0 bridgehead atoms. The molecule has 38 heavy (non-hydrogen) atoms. The molecule has 3 aromatic rings. The van der Waals surface area contributed by atoms with Gasteiger partial charge in [0.2, 0.25) is 6.41 Å². The smallest absolute Gasteiger partial charge is 0.281 e. The van der Waals surface area contributed by atoms with E-state index in [1.807, 2.05) is 31.3 Å². The number of carbonyl (C=O) groups is 3. The number of hydrogen-bond acceptors (Lipinski definition) is 7. The summed E-state index contributed by atoms with van der Waals surface area (Å²) in [6.07, 6.45) is 1.67. The maximum atomic E-state index is 14.1. The van der Waals surface area contributed by atoms with Crippen LogP contribution >= 0.6 is 12.6 Å². The average Bonchev–Trinajstić information content (AvgIpc) is 3.12. The van der Waals surface area contributed by atoms with Crippen LogP contribution in [-0.4, -0.2) is 29.0 Å². The molecular weight excluding hydrogens is 514 g/mol. The van der Waals surface area contributed by atoms with Gasteiger partial charge in [0.05, 0.1) is 16.3 Å². The van der Waals surface area contributed by atoms with E-state index in [9.17, 15) is 28.3 Å². The van der Waals surface area contributed by atoms with E-state index in [1.165, 1.54) is 18.2 Å². The summed E-state index contributed by atoms with van der Waals surface area (Å²) in [5, 5.41) is 19.1. The lowest BCUT2D eigenvalue weighted by molar-refractivity contribution is -0.122. The van der Waals surface area contributed by atoms with E-state index in [2.05, 4.69) is 12.6 Å². The molecule has 5 N–H and O–H groups in total. The van der Waals surface area contributed by atoms with Crippen LogP contribution < -0.4 is 16.0 Å². The number of hydrogen-bond donors (Lipinski definition) is 5. The Morgan fingerprint density at radius 1 is 1.13 bits per heavy atom. The van der Waals surface area contributed by atoms with Gasteiger partial charge in [0.15, 0.2) is 5.82 Å². The molecule has 196 valence electrons. The van der Waals surface area contributed by atoms with Gasteiger partial charge in [-0.3, -0.25) is 30.0 Å². The van der Waals surface area contributed by atoms with Gasteiger partial charge in [-0.1, -0.05) is 32.0 Å². The van der Waals surface area contributed by atoms with Crippen LogP contribution in [0.15, 0.2) is 59.5 Å². The first kappa shape index (κ1) is 28.1. The highest BCUT2D eigenvalue weighted by Gasteiger charge is 2.37. The van der Waals surface area contributed by atoms with E-state index in [0.29, 0.717) is 17.2 Å². The predicted octanol–water partition coefficient (Wildman–Crippen LogP) is 4.65. The molecule has 3 amide bonds. The average molecular weight is 539 g/mol. The van der Waals surface area contributed by atoms with Gasteiger partial charge >= 0.3 is 0 Å². The van der Waals surface area contributed by atoms with Crippen LogP contribution in [0.1, 0.15) is 36.5 Å². The van der Waals surface area contributed by atoms with Gasteiger partial charge in [-0.05, 0) is 53.5 Å². The topological polar surface area (TPSA) is 137 Å². The van der Waals surface area contributed by atoms with E-state index >= 15 is 0 Å². The Balaban J connectivity index is 0.000000223. The largest absolute Gasteiger partial charge is 0.506 e. The van der Waals surface area contributed by atoms with E-state index in [4.69, 9.17) is 11.1 Å². The molecule has 0 saturated carbocycles. The van der Waals surface area contributed by atoms with Gasteiger partial charge in [-0.2, -0.15) is 0 Å². The quantitative estimate of drug-likeness (QED) is 0.106. The van der Waals surface area contributed by atoms with Crippen molar-refractivity contribution in [2.45, 2.75) is 19.8 Å². The first-order chi connectivity index (χ1) is 17.9. The second-order valence-electron chi connectivity index (χ2n) is 8.48. The highest BCUT2D eigenvalue weighted by Crippen LogP contribution is 2.38. The summed E-state index contributed by atoms with van der Waals surface area (Å²) in [5.41, 5.74) is 7.28. The Morgan fingerprint density at radius 2 is 1.79 bits per heavy atom. The van der Waals surface area contributed by atoms with Crippen molar-refractivity contribution in [3.63, 3.8) is 0 Å². The van der Waals surface area contributed by atoms with Gasteiger partial charge in [0.1, 0.15) is 17.3 Å². The molecule has 0 atom stereocenters. The van der Waals surface area contributed by atoms with Gasteiger partial charge in [0, 0.05) is 17.3 Å². The number of benzene rings is 3. The number of nitrogens with two attached hydrogens (primary N) is 1. The molecule has 1 heterocycles. The van der Waals surface area contributed by atoms with Gasteiger partial charge in [-0.25, -0.2) is 8.78 Å². The normalized spacial score (nSPS) is 12.7. The standard InChI is InChI=1S/C17H14F2N2O.C10H10N2O3S/c1-9(2)10-3-5-12(6-4-10)21-16-13(15(20)17(21)22)7-11(18)8-14(16)19;11-7-2-1-6(3-8(7)14)4-9(16)10(15)12-5-13/h3-9,20H,1-2H3;1-5,14,16H,11H2,(H,12,13,15)/b;9-4-. The van der Waals surface area contributed by atoms with Gasteiger partial charge in [-0.15, -0.1) is 12.6 Å². The number of thiol groups is 1. The number of phenolic OH excluding ortho intramolecular Hbond substituents is 1. The summed E-state index contributed by atoms with van der Waals surface area (Å²) in [4.78, 5) is 34.6. The Labute approximate surface area is 222 Å². The van der Waals surface area contributed by atoms with Crippen molar-refractivity contribution in [2.75, 3.05) is 10.6 Å². The molecule has 0 radical (unpaired) electrons. The number of aromatic hydroxyl groups is 1. The Morgan fingerprint density at radius 3 is 2.37 bits per heavy atom. The highest BCUT2D eigenvalue weighted by molar-refractivity contribution is 7.85. The molecule has 1 aliphatic heterocycles. The first-order valence-corrected chi connectivity index (χ1v) is 11.6. The predicted molar refractivity (Wildman–Crippen MR) is 145 cm³/mol. The summed E-state index contributed by atoms with van der Waals surface area (Å²) >= 11 is 3.91. The number of anilines is 3. The van der Waals surface area contributed by atoms with Crippen molar-refractivity contribution in [1.29, 1.82) is 5.41 Å². The fourth-order valence-corrected chi connectivity index (χ4v) is 3.78. The zero-order valence-electron chi connectivity index (χ0n) is 20.3. The van der Waals surface area contributed by atoms with Crippen LogP contribution in [0.3, 0.4) is 0 Å². The fourth-order valence-electron chi connectivity index (χ4n) is 3.57. The minimum absolute atomic E-state index is 0.0181. The molecular formula is C27H24F2N4O4S. The molecule has 0 aromatic heterocycles. The van der Waals surface area contributed by atoms with Crippen molar-refractivity contribution in [3.05, 3.63) is 87.8 Å². The van der Waals surface area contributed by atoms with E-state index < -0.39 is 29.2 Å². The lowest BCUT2D eigenvalue weighted by Gasteiger charge is -2.18. The Kier molecular flexibility index (Phi) is 8.64. The maximum Gasteiger partial charge on any atom is 0.281 e. The van der Waals surface area contributed by atoms with Crippen LogP contribution in [0, 0.1) is 17.0 Å². The summed E-state index contributed by atoms with van der Waals surface area (Å²) < 4.78 is 27.4. The van der Waals surface area contributed by atoms with Crippen molar-refractivity contribution in [2.24, 2.45) is 0 Å². The van der Waals surface area contributed by atoms with E-state index in [-0.39, 0.29) is 34.0 Å². The van der Waals surface area contributed by atoms with E-state index in [0.717, 1.165) is 22.6 Å². The van der Waals surface area contributed by atoms with Crippen molar-refractivity contribution in [3.8, 4) is 5.75 Å². The number of phenols is 1. The van der Waals surface area contributed by atoms with Crippen molar-refractivity contribution >= 4 is 59.7 Å². The van der Waals surface area contributed by atoms with Crippen molar-refractivity contribution in [1.82, 2.24) is 5.32 Å². The second kappa shape index (κ2) is 11.7. The van der Waals surface area contributed by atoms with Gasteiger partial charge in [0.25, 0.3) is 11.8 Å². The molecule has 8 nitrogen and oxygen atoms in total. The number of nitrogens with zero attached hydrogens (tertiary/aromatic N) is 1. The highest BCUT2D eigenvalue weighted by atomic mass is 32.1. The number of fused-ring (bicyclic) bond motifs is 1. The second-order valence-corrected chi connectivity index (χ2v) is 8.97. The maximum absolute atomic E-state index is 14.1.